The quantitative estimate of drug-likeness (QED) is 0.0248. The van der Waals surface area contributed by atoms with Crippen molar-refractivity contribution in [2.75, 3.05) is 13.1 Å². The zero-order valence-corrected chi connectivity index (χ0v) is 48.4. The minimum absolute atomic E-state index is 0.0375. The molecule has 1 aliphatic heterocycles. The minimum Gasteiger partial charge on any atom is -0.370 e. The number of nitrogens with zero attached hydrogens (tertiary/aromatic N) is 2. The molecule has 1 aromatic carbocycles. The Kier molecular flexibility index (Phi) is 22.4. The van der Waals surface area contributed by atoms with Crippen molar-refractivity contribution in [2.45, 2.75) is 186 Å². The number of nitrogens with two attached hydrogens (primary N) is 5. The Balaban J connectivity index is 1.16. The van der Waals surface area contributed by atoms with E-state index in [-0.39, 0.29) is 68.9 Å². The van der Waals surface area contributed by atoms with E-state index in [1.165, 1.54) is 31.1 Å². The van der Waals surface area contributed by atoms with Crippen molar-refractivity contribution >= 4 is 81.8 Å². The molecule has 7 rings (SSSR count). The van der Waals surface area contributed by atoms with Gasteiger partial charge in [0.2, 0.25) is 65.0 Å². The van der Waals surface area contributed by atoms with Gasteiger partial charge >= 0.3 is 0 Å². The lowest BCUT2D eigenvalue weighted by atomic mass is 9.49. The van der Waals surface area contributed by atoms with Crippen LogP contribution in [0.4, 0.5) is 0 Å². The number of aliphatic imine (C=N–C) groups is 1. The lowest BCUT2D eigenvalue weighted by Gasteiger charge is -2.56. The van der Waals surface area contributed by atoms with Gasteiger partial charge in [0.25, 0.3) is 0 Å². The van der Waals surface area contributed by atoms with E-state index in [9.17, 15) is 52.7 Å². The minimum atomic E-state index is -1.74. The van der Waals surface area contributed by atoms with Gasteiger partial charge in [0.05, 0.1) is 6.42 Å². The van der Waals surface area contributed by atoms with E-state index < -0.39 is 132 Å². The first kappa shape index (κ1) is 64.4. The molecule has 2 aromatic rings. The van der Waals surface area contributed by atoms with Gasteiger partial charge < -0.3 is 75.8 Å². The van der Waals surface area contributed by atoms with Crippen LogP contribution in [0.25, 0.3) is 10.9 Å². The molecule has 0 unspecified atom stereocenters. The smallest absolute Gasteiger partial charge is 0.246 e. The molecule has 1 saturated heterocycles. The first-order valence-electron chi connectivity index (χ1n) is 29.1. The highest BCUT2D eigenvalue weighted by atomic mass is 16.2. The van der Waals surface area contributed by atoms with E-state index in [4.69, 9.17) is 28.7 Å². The second-order valence-corrected chi connectivity index (χ2v) is 24.0. The molecule has 0 spiro atoms. The second kappa shape index (κ2) is 28.9. The van der Waals surface area contributed by atoms with Crippen molar-refractivity contribution < 1.29 is 52.7 Å². The standard InChI is InChI=1S/C57H87N15O11/c1-6-30(4)47(71-51(79)40(22-35-28-64-37-12-8-7-11-36(35)37)66-45(75)27-57-24-32-19-33(25-57)21-34(20-32)26-57)54(82)68-39(15-16-43(58)73)50(78)69-41(23-44(59)74)52(80)70-46(29(2)3)55(83)72-18-10-14-42(72)53(81)67-38(13-9-17-63-56(61)62)49(77)65-31(5)48(60)76/h7-8,11-12,28-34,38-42,46-47,64H,6,9-10,13-27H2,1-5H3,(H2,58,73)(H2,59,74)(H2,60,76)(H,65,77)(H,66,75)(H,67,81)(H,68,82)(H,69,78)(H,70,80)(H,71,79)(H4,61,62,63)/t30-,31-,32?,33?,34?,38-,39-,40-,41-,42+,46-,47-,57?/m0/s1. The van der Waals surface area contributed by atoms with Crippen LogP contribution in [0.15, 0.2) is 35.5 Å². The number of H-pyrrole nitrogens is 1. The van der Waals surface area contributed by atoms with Gasteiger partial charge in [-0.2, -0.15) is 0 Å². The number of hydrogen-bond donors (Lipinski definition) is 13. The summed E-state index contributed by atoms with van der Waals surface area (Å²) < 4.78 is 0. The van der Waals surface area contributed by atoms with Crippen LogP contribution in [0.5, 0.6) is 0 Å². The molecule has 26 nitrogen and oxygen atoms in total. The molecule has 9 atom stereocenters. The Morgan fingerprint density at radius 2 is 1.28 bits per heavy atom. The van der Waals surface area contributed by atoms with Gasteiger partial charge in [-0.1, -0.05) is 52.3 Å². The van der Waals surface area contributed by atoms with Gasteiger partial charge in [0, 0.05) is 49.5 Å². The SMILES string of the molecule is CC[C@H](C)[C@H](NC(=O)[C@H](Cc1c[nH]c2ccccc12)NC(=O)CC12CC3CC(CC(C3)C1)C2)C(=O)N[C@@H](CCC(N)=O)C(=O)N[C@@H](CC(N)=O)C(=O)N[C@H](C(=O)N1CCC[C@@H]1C(=O)N[C@@H](CCCN=C(N)N)C(=O)N[C@@H](C)C(N)=O)C(C)C. The zero-order valence-electron chi connectivity index (χ0n) is 48.4. The Morgan fingerprint density at radius 1 is 0.687 bits per heavy atom. The number of aromatic amines is 1. The predicted octanol–water partition coefficient (Wildman–Crippen LogP) is -0.897. The lowest BCUT2D eigenvalue weighted by Crippen LogP contribution is -2.61. The van der Waals surface area contributed by atoms with Gasteiger partial charge in [-0.15, -0.1) is 0 Å². The molecule has 1 aromatic heterocycles. The van der Waals surface area contributed by atoms with Crippen LogP contribution in [-0.2, 0) is 59.2 Å². The molecule has 11 amide bonds. The fourth-order valence-corrected chi connectivity index (χ4v) is 13.0. The van der Waals surface area contributed by atoms with Gasteiger partial charge in [0.15, 0.2) is 5.96 Å². The first-order chi connectivity index (χ1) is 39.3. The summed E-state index contributed by atoms with van der Waals surface area (Å²) in [6.07, 6.45) is 8.35. The Morgan fingerprint density at radius 3 is 1.88 bits per heavy atom. The van der Waals surface area contributed by atoms with Gasteiger partial charge in [-0.05, 0) is 124 Å². The third-order valence-electron chi connectivity index (χ3n) is 17.0. The number of para-hydroxylation sites is 1. The van der Waals surface area contributed by atoms with Crippen molar-refractivity contribution in [3.63, 3.8) is 0 Å². The monoisotopic (exact) mass is 1160 g/mol. The van der Waals surface area contributed by atoms with Crippen LogP contribution in [0.1, 0.15) is 136 Å². The molecule has 4 aliphatic carbocycles. The van der Waals surface area contributed by atoms with Crippen molar-refractivity contribution in [3.05, 3.63) is 36.0 Å². The highest BCUT2D eigenvalue weighted by Crippen LogP contribution is 2.61. The van der Waals surface area contributed by atoms with Crippen LogP contribution in [0, 0.1) is 35.0 Å². The number of nitrogens with one attached hydrogen (secondary N) is 8. The van der Waals surface area contributed by atoms with Crippen LogP contribution >= 0.6 is 0 Å². The van der Waals surface area contributed by atoms with Crippen molar-refractivity contribution in [1.29, 1.82) is 0 Å². The number of fused-ring (bicyclic) bond motifs is 1. The molecule has 4 bridgehead atoms. The number of primary amides is 3. The summed E-state index contributed by atoms with van der Waals surface area (Å²) in [5.41, 5.74) is 28.8. The maximum Gasteiger partial charge on any atom is 0.246 e. The molecule has 26 heteroatoms. The summed E-state index contributed by atoms with van der Waals surface area (Å²) in [7, 11) is 0. The van der Waals surface area contributed by atoms with Crippen LogP contribution in [0.3, 0.4) is 0 Å². The zero-order chi connectivity index (χ0) is 60.9. The molecule has 2 heterocycles. The number of carbonyl (C=O) groups excluding carboxylic acids is 11. The molecule has 456 valence electrons. The van der Waals surface area contributed by atoms with Gasteiger partial charge in [-0.3, -0.25) is 57.7 Å². The van der Waals surface area contributed by atoms with Crippen molar-refractivity contribution in [3.8, 4) is 0 Å². The van der Waals surface area contributed by atoms with Crippen LogP contribution < -0.4 is 65.9 Å². The molecule has 5 fully saturated rings. The fraction of sp³-hybridized carbons (Fsp3) is 0.649. The third-order valence-corrected chi connectivity index (χ3v) is 17.0. The fourth-order valence-electron chi connectivity index (χ4n) is 13.0. The third kappa shape index (κ3) is 17.6. The highest BCUT2D eigenvalue weighted by Gasteiger charge is 2.52. The summed E-state index contributed by atoms with van der Waals surface area (Å²) in [5, 5.41) is 19.6. The number of amides is 11. The highest BCUT2D eigenvalue weighted by molar-refractivity contribution is 6.00. The second-order valence-electron chi connectivity index (χ2n) is 24.0. The van der Waals surface area contributed by atoms with E-state index in [2.05, 4.69) is 47.2 Å². The largest absolute Gasteiger partial charge is 0.370 e. The summed E-state index contributed by atoms with van der Waals surface area (Å²) in [4.78, 5) is 158. The van der Waals surface area contributed by atoms with E-state index >= 15 is 0 Å². The normalized spacial score (nSPS) is 22.6. The van der Waals surface area contributed by atoms with E-state index in [1.807, 2.05) is 24.3 Å². The summed E-state index contributed by atoms with van der Waals surface area (Å²) >= 11 is 0. The molecule has 83 heavy (non-hydrogen) atoms. The van der Waals surface area contributed by atoms with Crippen molar-refractivity contribution in [2.24, 2.45) is 68.7 Å². The molecule has 4 saturated carbocycles. The Labute approximate surface area is 483 Å². The number of aromatic nitrogens is 1. The Bertz CT molecular complexity index is 2720. The van der Waals surface area contributed by atoms with E-state index in [0.29, 0.717) is 30.6 Å². The average Bonchev–Trinajstić information content (AvgIpc) is 3.13. The molecule has 0 radical (unpaired) electrons. The maximum absolute atomic E-state index is 14.7. The van der Waals surface area contributed by atoms with Crippen LogP contribution in [-0.4, -0.2) is 142 Å². The number of guanidine groups is 1. The number of likely N-dealkylation sites (tertiary alicyclic amines) is 1. The van der Waals surface area contributed by atoms with E-state index in [1.54, 1.807) is 33.9 Å². The molecular formula is C57H87N15O11. The first-order valence-corrected chi connectivity index (χ1v) is 29.1. The summed E-state index contributed by atoms with van der Waals surface area (Å²) in [5.74, 6) is -8.10. The Hall–Kier alpha value is -7.80. The maximum atomic E-state index is 14.7. The molecular weight excluding hydrogens is 1070 g/mol. The summed E-state index contributed by atoms with van der Waals surface area (Å²) in [6.45, 7) is 8.35. The van der Waals surface area contributed by atoms with E-state index in [0.717, 1.165) is 35.7 Å². The number of benzene rings is 1. The lowest BCUT2D eigenvalue weighted by molar-refractivity contribution is -0.143. The van der Waals surface area contributed by atoms with Gasteiger partial charge in [-0.25, -0.2) is 0 Å². The topological polar surface area (TPSA) is 433 Å². The number of carbonyl (C=O) groups is 11. The van der Waals surface area contributed by atoms with Gasteiger partial charge in [0.1, 0.15) is 48.3 Å². The number of hydrogen-bond acceptors (Lipinski definition) is 12. The molecule has 18 N–H and O–H groups in total. The predicted molar refractivity (Wildman–Crippen MR) is 307 cm³/mol. The molecule has 5 aliphatic rings. The average molecular weight is 1160 g/mol. The van der Waals surface area contributed by atoms with Crippen molar-refractivity contribution in [1.82, 2.24) is 47.1 Å². The number of rotatable bonds is 31. The summed E-state index contributed by atoms with van der Waals surface area (Å²) in [6, 6.07) is -2.88. The van der Waals surface area contributed by atoms with Crippen LogP contribution in [0.2, 0.25) is 0 Å².